The van der Waals surface area contributed by atoms with Crippen LogP contribution in [0.25, 0.3) is 0 Å². The highest BCUT2D eigenvalue weighted by Gasteiger charge is 2.39. The quantitative estimate of drug-likeness (QED) is 0.607. The summed E-state index contributed by atoms with van der Waals surface area (Å²) in [4.78, 5) is 37.2. The maximum Gasteiger partial charge on any atom is 0.426 e. The summed E-state index contributed by atoms with van der Waals surface area (Å²) in [6.07, 6.45) is 5.20. The van der Waals surface area contributed by atoms with Gasteiger partial charge in [0.1, 0.15) is 0 Å². The predicted molar refractivity (Wildman–Crippen MR) is 103 cm³/mol. The molecule has 1 saturated heterocycles. The molecule has 154 valence electrons. The number of carbonyl (C=O) groups excluding carboxylic acids is 3. The number of amides is 2. The van der Waals surface area contributed by atoms with Crippen molar-refractivity contribution in [1.29, 1.82) is 0 Å². The lowest BCUT2D eigenvalue weighted by Gasteiger charge is -2.22. The van der Waals surface area contributed by atoms with E-state index in [-0.39, 0.29) is 23.5 Å². The molecule has 0 aromatic rings. The molecular weight excluding hydrogens is 346 g/mol. The van der Waals surface area contributed by atoms with E-state index >= 15 is 0 Å². The Morgan fingerprint density at radius 1 is 1.19 bits per heavy atom. The summed E-state index contributed by atoms with van der Waals surface area (Å²) >= 11 is 0. The van der Waals surface area contributed by atoms with Crippen LogP contribution in [0.5, 0.6) is 0 Å². The summed E-state index contributed by atoms with van der Waals surface area (Å²) < 4.78 is 5.20. The number of hydrogen-bond acceptors (Lipinski definition) is 5. The van der Waals surface area contributed by atoms with Crippen molar-refractivity contribution in [2.75, 3.05) is 6.54 Å². The molecule has 2 aliphatic rings. The van der Waals surface area contributed by atoms with Gasteiger partial charge >= 0.3 is 6.09 Å². The number of hydrazine groups is 1. The summed E-state index contributed by atoms with van der Waals surface area (Å²) in [7, 11) is 0. The highest BCUT2D eigenvalue weighted by Crippen LogP contribution is 2.28. The molecule has 0 aromatic carbocycles. The van der Waals surface area contributed by atoms with Gasteiger partial charge in [-0.1, -0.05) is 53.4 Å². The lowest BCUT2D eigenvalue weighted by atomic mass is 9.98. The molecule has 7 nitrogen and oxygen atoms in total. The van der Waals surface area contributed by atoms with Gasteiger partial charge < -0.3 is 10.1 Å². The Kier molecular flexibility index (Phi) is 8.07. The Bertz CT molecular complexity index is 529. The average Bonchev–Trinajstić information content (AvgIpc) is 3.21. The van der Waals surface area contributed by atoms with Crippen LogP contribution in [-0.2, 0) is 14.3 Å². The molecule has 7 heteroatoms. The summed E-state index contributed by atoms with van der Waals surface area (Å²) in [6, 6.07) is -0.648. The van der Waals surface area contributed by atoms with Crippen molar-refractivity contribution in [3.8, 4) is 0 Å². The monoisotopic (exact) mass is 381 g/mol. The molecule has 0 bridgehead atoms. The first-order chi connectivity index (χ1) is 12.8. The third kappa shape index (κ3) is 6.79. The predicted octanol–water partition coefficient (Wildman–Crippen LogP) is 3.00. The van der Waals surface area contributed by atoms with E-state index in [0.29, 0.717) is 25.3 Å². The smallest absolute Gasteiger partial charge is 0.420 e. The summed E-state index contributed by atoms with van der Waals surface area (Å²) in [5.74, 6) is 0.734. The number of ether oxygens (including phenoxy) is 1. The summed E-state index contributed by atoms with van der Waals surface area (Å²) in [5, 5.41) is 4.22. The molecule has 0 spiro atoms. The molecule has 2 unspecified atom stereocenters. The van der Waals surface area contributed by atoms with Gasteiger partial charge in [0.2, 0.25) is 17.9 Å². The van der Waals surface area contributed by atoms with Gasteiger partial charge in [0, 0.05) is 13.0 Å². The van der Waals surface area contributed by atoms with Gasteiger partial charge in [0.25, 0.3) is 0 Å². The number of rotatable bonds is 10. The zero-order valence-corrected chi connectivity index (χ0v) is 17.1. The van der Waals surface area contributed by atoms with Gasteiger partial charge in [-0.3, -0.25) is 9.59 Å². The first kappa shape index (κ1) is 21.7. The van der Waals surface area contributed by atoms with Crippen LogP contribution in [0, 0.1) is 17.8 Å². The molecule has 27 heavy (non-hydrogen) atoms. The van der Waals surface area contributed by atoms with E-state index in [9.17, 15) is 14.4 Å². The second-order valence-electron chi connectivity index (χ2n) is 8.74. The van der Waals surface area contributed by atoms with Crippen LogP contribution in [-0.4, -0.2) is 41.6 Å². The van der Waals surface area contributed by atoms with Crippen molar-refractivity contribution in [2.24, 2.45) is 17.8 Å². The molecular formula is C20H35N3O4. The largest absolute Gasteiger partial charge is 0.426 e. The number of carbonyl (C=O) groups is 3. The Hall–Kier alpha value is -1.63. The molecule has 2 N–H and O–H groups in total. The van der Waals surface area contributed by atoms with E-state index in [1.807, 2.05) is 27.7 Å². The molecule has 1 aliphatic carbocycles. The summed E-state index contributed by atoms with van der Waals surface area (Å²) in [5.41, 5.74) is 2.84. The average molecular weight is 382 g/mol. The lowest BCUT2D eigenvalue weighted by molar-refractivity contribution is -0.133. The normalized spacial score (nSPS) is 21.8. The Morgan fingerprint density at radius 3 is 2.44 bits per heavy atom. The van der Waals surface area contributed by atoms with Crippen molar-refractivity contribution < 1.29 is 19.1 Å². The minimum atomic E-state index is -1.03. The molecule has 2 fully saturated rings. The van der Waals surface area contributed by atoms with E-state index in [4.69, 9.17) is 4.74 Å². The zero-order chi connectivity index (χ0) is 20.0. The lowest BCUT2D eigenvalue weighted by Crippen LogP contribution is -2.51. The highest BCUT2D eigenvalue weighted by molar-refractivity contribution is 5.93. The van der Waals surface area contributed by atoms with Gasteiger partial charge in [0.05, 0.1) is 6.04 Å². The maximum atomic E-state index is 12.9. The van der Waals surface area contributed by atoms with Gasteiger partial charge in [-0.05, 0) is 30.6 Å². The van der Waals surface area contributed by atoms with Crippen molar-refractivity contribution in [2.45, 2.75) is 84.9 Å². The van der Waals surface area contributed by atoms with Gasteiger partial charge in [0.15, 0.2) is 0 Å². The van der Waals surface area contributed by atoms with Crippen LogP contribution in [0.3, 0.4) is 0 Å². The fourth-order valence-electron chi connectivity index (χ4n) is 3.80. The van der Waals surface area contributed by atoms with Crippen molar-refractivity contribution >= 4 is 17.8 Å². The SMILES string of the molecule is CC(C)CC(NC(=O)CCC1CCCC1)C(=O)C1NN(CC(C)C)C(=O)O1. The number of nitrogens with one attached hydrogen (secondary N) is 2. The maximum absolute atomic E-state index is 12.9. The number of cyclic esters (lactones) is 1. The van der Waals surface area contributed by atoms with Crippen LogP contribution in [0.15, 0.2) is 0 Å². The van der Waals surface area contributed by atoms with Crippen molar-refractivity contribution in [3.63, 3.8) is 0 Å². The Balaban J connectivity index is 1.90. The van der Waals surface area contributed by atoms with E-state index < -0.39 is 18.4 Å². The fraction of sp³-hybridized carbons (Fsp3) is 0.850. The van der Waals surface area contributed by atoms with E-state index in [1.165, 1.54) is 30.7 Å². The molecule has 0 aromatic heterocycles. The second-order valence-corrected chi connectivity index (χ2v) is 8.74. The second kappa shape index (κ2) is 10.1. The number of nitrogens with zero attached hydrogens (tertiary/aromatic N) is 1. The standard InChI is InChI=1S/C20H35N3O4/c1-13(2)11-16(21-17(24)10-9-15-7-5-6-8-15)18(25)19-22-23(12-14(3)4)20(26)27-19/h13-16,19,22H,5-12H2,1-4H3,(H,21,24). The first-order valence-electron chi connectivity index (χ1n) is 10.3. The fourth-order valence-corrected chi connectivity index (χ4v) is 3.80. The number of Topliss-reactive ketones (excluding diaryl/α,β-unsaturated/α-hetero) is 1. The Morgan fingerprint density at radius 2 is 1.85 bits per heavy atom. The van der Waals surface area contributed by atoms with Gasteiger partial charge in [-0.15, -0.1) is 0 Å². The molecule has 1 aliphatic heterocycles. The van der Waals surface area contributed by atoms with Gasteiger partial charge in [-0.2, -0.15) is 5.43 Å². The zero-order valence-electron chi connectivity index (χ0n) is 17.1. The third-order valence-electron chi connectivity index (χ3n) is 5.16. The highest BCUT2D eigenvalue weighted by atomic mass is 16.6. The van der Waals surface area contributed by atoms with Gasteiger partial charge in [-0.25, -0.2) is 9.80 Å². The van der Waals surface area contributed by atoms with Crippen molar-refractivity contribution in [3.05, 3.63) is 0 Å². The first-order valence-corrected chi connectivity index (χ1v) is 10.3. The topological polar surface area (TPSA) is 87.7 Å². The van der Waals surface area contributed by atoms with Crippen LogP contribution < -0.4 is 10.7 Å². The number of ketones is 1. The summed E-state index contributed by atoms with van der Waals surface area (Å²) in [6.45, 7) is 8.44. The molecule has 1 saturated carbocycles. The van der Waals surface area contributed by atoms with Crippen LogP contribution in [0.1, 0.15) is 72.6 Å². The molecule has 2 atom stereocenters. The van der Waals surface area contributed by atoms with E-state index in [2.05, 4.69) is 10.7 Å². The molecule has 2 amide bonds. The molecule has 1 heterocycles. The molecule has 0 radical (unpaired) electrons. The number of hydrogen-bond donors (Lipinski definition) is 2. The molecule has 2 rings (SSSR count). The minimum absolute atomic E-state index is 0.0933. The minimum Gasteiger partial charge on any atom is -0.420 e. The third-order valence-corrected chi connectivity index (χ3v) is 5.16. The van der Waals surface area contributed by atoms with Crippen LogP contribution in [0.4, 0.5) is 4.79 Å². The van der Waals surface area contributed by atoms with Crippen LogP contribution in [0.2, 0.25) is 0 Å². The van der Waals surface area contributed by atoms with Crippen LogP contribution >= 0.6 is 0 Å². The Labute approximate surface area is 162 Å². The van der Waals surface area contributed by atoms with E-state index in [1.54, 1.807) is 0 Å². The van der Waals surface area contributed by atoms with E-state index in [0.717, 1.165) is 6.42 Å². The van der Waals surface area contributed by atoms with Crippen molar-refractivity contribution in [1.82, 2.24) is 15.8 Å².